The van der Waals surface area contributed by atoms with E-state index in [0.717, 1.165) is 24.4 Å². The zero-order chi connectivity index (χ0) is 15.1. The minimum atomic E-state index is 0.0882. The molecule has 4 nitrogen and oxygen atoms in total. The number of aryl methyl sites for hydroxylation is 3. The van der Waals surface area contributed by atoms with Gasteiger partial charge in [0.15, 0.2) is 6.10 Å². The van der Waals surface area contributed by atoms with Gasteiger partial charge in [0.05, 0.1) is 18.0 Å². The fourth-order valence-corrected chi connectivity index (χ4v) is 3.63. The molecule has 0 saturated carbocycles. The third-order valence-electron chi connectivity index (χ3n) is 4.67. The lowest BCUT2D eigenvalue weighted by Gasteiger charge is -2.10. The van der Waals surface area contributed by atoms with Crippen molar-refractivity contribution < 1.29 is 4.84 Å². The Morgan fingerprint density at radius 3 is 3.00 bits per heavy atom. The number of benzene rings is 1. The summed E-state index contributed by atoms with van der Waals surface area (Å²) >= 11 is 0. The van der Waals surface area contributed by atoms with E-state index in [2.05, 4.69) is 41.4 Å². The first-order valence-corrected chi connectivity index (χ1v) is 8.05. The lowest BCUT2D eigenvalue weighted by atomic mass is 9.97. The molecule has 1 aromatic heterocycles. The topological polar surface area (TPSA) is 39.4 Å². The zero-order valence-corrected chi connectivity index (χ0v) is 13.2. The summed E-state index contributed by atoms with van der Waals surface area (Å²) in [7, 11) is 0. The molecular weight excluding hydrogens is 274 g/mol. The van der Waals surface area contributed by atoms with Crippen molar-refractivity contribution in [2.45, 2.75) is 52.2 Å². The largest absolute Gasteiger partial charge is 0.390 e. The van der Waals surface area contributed by atoms with E-state index in [1.807, 2.05) is 11.6 Å². The molecule has 0 N–H and O–H groups in total. The summed E-state index contributed by atoms with van der Waals surface area (Å²) in [6.07, 6.45) is 4.59. The Morgan fingerprint density at radius 1 is 1.27 bits per heavy atom. The number of fused-ring (bicyclic) bond motifs is 1. The van der Waals surface area contributed by atoms with Crippen molar-refractivity contribution in [2.75, 3.05) is 0 Å². The number of oxime groups is 1. The molecule has 114 valence electrons. The molecule has 0 unspecified atom stereocenters. The lowest BCUT2D eigenvalue weighted by Crippen LogP contribution is -2.19. The average molecular weight is 295 g/mol. The Balaban J connectivity index is 1.51. The summed E-state index contributed by atoms with van der Waals surface area (Å²) < 4.78 is 2.02. The van der Waals surface area contributed by atoms with Gasteiger partial charge in [0, 0.05) is 17.7 Å². The molecule has 4 rings (SSSR count). The first-order chi connectivity index (χ1) is 10.7. The van der Waals surface area contributed by atoms with E-state index in [4.69, 9.17) is 4.84 Å². The zero-order valence-electron chi connectivity index (χ0n) is 13.2. The van der Waals surface area contributed by atoms with Gasteiger partial charge in [0.2, 0.25) is 0 Å². The van der Waals surface area contributed by atoms with Gasteiger partial charge in [-0.2, -0.15) is 5.10 Å². The molecule has 1 aliphatic heterocycles. The summed E-state index contributed by atoms with van der Waals surface area (Å²) in [5, 5.41) is 8.89. The molecule has 0 amide bonds. The van der Waals surface area contributed by atoms with E-state index in [9.17, 15) is 0 Å². The molecule has 0 bridgehead atoms. The van der Waals surface area contributed by atoms with E-state index < -0.39 is 0 Å². The van der Waals surface area contributed by atoms with Gasteiger partial charge in [-0.1, -0.05) is 23.4 Å². The van der Waals surface area contributed by atoms with Crippen molar-refractivity contribution in [3.8, 4) is 0 Å². The summed E-state index contributed by atoms with van der Waals surface area (Å²) in [5.41, 5.74) is 7.60. The van der Waals surface area contributed by atoms with Gasteiger partial charge in [-0.15, -0.1) is 0 Å². The van der Waals surface area contributed by atoms with Crippen LogP contribution < -0.4 is 0 Å². The maximum absolute atomic E-state index is 5.68. The van der Waals surface area contributed by atoms with E-state index in [0.29, 0.717) is 0 Å². The highest BCUT2D eigenvalue weighted by atomic mass is 16.6. The maximum Gasteiger partial charge on any atom is 0.152 e. The minimum Gasteiger partial charge on any atom is -0.390 e. The Bertz CT molecular complexity index is 745. The third kappa shape index (κ3) is 2.32. The second kappa shape index (κ2) is 5.27. The molecule has 0 fully saturated rings. The standard InChI is InChI=1S/C18H21N3O/c1-12-9-13(2)21(19-12)11-15-10-18(20-22-15)17-8-4-6-14-5-3-7-16(14)17/h4,6,8-9,15H,3,5,7,10-11H2,1-2H3/t15-/m1/s1. The normalized spacial score (nSPS) is 19.9. The molecule has 2 aromatic rings. The number of hydrogen-bond donors (Lipinski definition) is 0. The monoisotopic (exact) mass is 295 g/mol. The van der Waals surface area contributed by atoms with Crippen molar-refractivity contribution in [3.05, 3.63) is 52.3 Å². The Kier molecular flexibility index (Phi) is 3.25. The maximum atomic E-state index is 5.68. The second-order valence-electron chi connectivity index (χ2n) is 6.38. The highest BCUT2D eigenvalue weighted by Crippen LogP contribution is 2.28. The van der Waals surface area contributed by atoms with Crippen LogP contribution in [0.25, 0.3) is 0 Å². The number of nitrogens with zero attached hydrogens (tertiary/aromatic N) is 3. The van der Waals surface area contributed by atoms with Crippen LogP contribution >= 0.6 is 0 Å². The molecular formula is C18H21N3O. The molecule has 0 saturated heterocycles. The van der Waals surface area contributed by atoms with Crippen molar-refractivity contribution >= 4 is 5.71 Å². The molecule has 0 spiro atoms. The van der Waals surface area contributed by atoms with Gasteiger partial charge < -0.3 is 4.84 Å². The van der Waals surface area contributed by atoms with Crippen molar-refractivity contribution in [1.82, 2.24) is 9.78 Å². The lowest BCUT2D eigenvalue weighted by molar-refractivity contribution is 0.0692. The average Bonchev–Trinajstić information content (AvgIpc) is 3.20. The fraction of sp³-hybridized carbons (Fsp3) is 0.444. The summed E-state index contributed by atoms with van der Waals surface area (Å²) in [5.74, 6) is 0. The first kappa shape index (κ1) is 13.6. The number of aromatic nitrogens is 2. The van der Waals surface area contributed by atoms with Gasteiger partial charge in [0.1, 0.15) is 0 Å². The van der Waals surface area contributed by atoms with Crippen LogP contribution in [0.15, 0.2) is 29.4 Å². The van der Waals surface area contributed by atoms with Gasteiger partial charge in [-0.25, -0.2) is 0 Å². The van der Waals surface area contributed by atoms with Gasteiger partial charge >= 0.3 is 0 Å². The van der Waals surface area contributed by atoms with Crippen molar-refractivity contribution in [2.24, 2.45) is 5.16 Å². The highest BCUT2D eigenvalue weighted by Gasteiger charge is 2.26. The summed E-state index contributed by atoms with van der Waals surface area (Å²) in [6, 6.07) is 8.69. The van der Waals surface area contributed by atoms with E-state index >= 15 is 0 Å². The Hall–Kier alpha value is -2.10. The number of hydrogen-bond acceptors (Lipinski definition) is 3. The summed E-state index contributed by atoms with van der Waals surface area (Å²) in [6.45, 7) is 4.87. The molecule has 22 heavy (non-hydrogen) atoms. The molecule has 4 heteroatoms. The predicted octanol–water partition coefficient (Wildman–Crippen LogP) is 3.18. The predicted molar refractivity (Wildman–Crippen MR) is 86.2 cm³/mol. The minimum absolute atomic E-state index is 0.0882. The van der Waals surface area contributed by atoms with Crippen molar-refractivity contribution in [3.63, 3.8) is 0 Å². The Labute approximate surface area is 130 Å². The first-order valence-electron chi connectivity index (χ1n) is 8.05. The molecule has 1 atom stereocenters. The van der Waals surface area contributed by atoms with Crippen molar-refractivity contribution in [1.29, 1.82) is 0 Å². The summed E-state index contributed by atoms with van der Waals surface area (Å²) in [4.78, 5) is 5.68. The fourth-order valence-electron chi connectivity index (χ4n) is 3.63. The van der Waals surface area contributed by atoms with E-state index in [-0.39, 0.29) is 6.10 Å². The molecule has 2 heterocycles. The van der Waals surface area contributed by atoms with Crippen LogP contribution in [0.2, 0.25) is 0 Å². The van der Waals surface area contributed by atoms with Crippen LogP contribution in [0.4, 0.5) is 0 Å². The van der Waals surface area contributed by atoms with Crippen LogP contribution in [0, 0.1) is 13.8 Å². The SMILES string of the molecule is Cc1cc(C)n(C[C@H]2CC(c3cccc4c3CCC4)=NO2)n1. The van der Waals surface area contributed by atoms with Crippen LogP contribution in [0.5, 0.6) is 0 Å². The van der Waals surface area contributed by atoms with E-state index in [1.54, 1.807) is 0 Å². The smallest absolute Gasteiger partial charge is 0.152 e. The van der Waals surface area contributed by atoms with Gasteiger partial charge in [-0.05, 0) is 50.3 Å². The third-order valence-corrected chi connectivity index (χ3v) is 4.67. The van der Waals surface area contributed by atoms with Gasteiger partial charge in [0.25, 0.3) is 0 Å². The van der Waals surface area contributed by atoms with Crippen LogP contribution in [-0.2, 0) is 24.2 Å². The molecule has 1 aliphatic carbocycles. The Morgan fingerprint density at radius 2 is 2.18 bits per heavy atom. The van der Waals surface area contributed by atoms with Gasteiger partial charge in [-0.3, -0.25) is 4.68 Å². The molecule has 1 aromatic carbocycles. The quantitative estimate of drug-likeness (QED) is 0.872. The molecule has 2 aliphatic rings. The highest BCUT2D eigenvalue weighted by molar-refractivity contribution is 6.02. The van der Waals surface area contributed by atoms with Crippen LogP contribution in [-0.4, -0.2) is 21.6 Å². The van der Waals surface area contributed by atoms with E-state index in [1.165, 1.54) is 41.6 Å². The van der Waals surface area contributed by atoms with Crippen LogP contribution in [0.3, 0.4) is 0 Å². The molecule has 0 radical (unpaired) electrons. The second-order valence-corrected chi connectivity index (χ2v) is 6.38. The van der Waals surface area contributed by atoms with Crippen LogP contribution in [0.1, 0.15) is 40.9 Å². The number of rotatable bonds is 3.